The number of halogens is 1. The fraction of sp³-hybridized carbons (Fsp3) is 0.235. The lowest BCUT2D eigenvalue weighted by Crippen LogP contribution is -2.25. The Hall–Kier alpha value is -2.40. The van der Waals surface area contributed by atoms with Crippen LogP contribution in [0.2, 0.25) is 5.02 Å². The van der Waals surface area contributed by atoms with E-state index in [1.807, 2.05) is 24.3 Å². The van der Waals surface area contributed by atoms with Crippen LogP contribution < -0.4 is 5.32 Å². The van der Waals surface area contributed by atoms with Crippen LogP contribution in [-0.2, 0) is 6.42 Å². The second-order valence-electron chi connectivity index (χ2n) is 5.16. The molecule has 0 aliphatic carbocycles. The van der Waals surface area contributed by atoms with E-state index >= 15 is 0 Å². The third-order valence-electron chi connectivity index (χ3n) is 3.61. The van der Waals surface area contributed by atoms with Crippen molar-refractivity contribution in [2.45, 2.75) is 19.8 Å². The SMILES string of the molecule is Cc1c(C(=O)NCCCc2ccccc2Cl)cccc1[N+](=O)[O-]. The predicted octanol–water partition coefficient (Wildman–Crippen LogP) is 3.92. The normalized spacial score (nSPS) is 10.3. The Labute approximate surface area is 139 Å². The number of hydrogen-bond acceptors (Lipinski definition) is 3. The zero-order valence-electron chi connectivity index (χ0n) is 12.7. The smallest absolute Gasteiger partial charge is 0.273 e. The Morgan fingerprint density at radius 1 is 1.22 bits per heavy atom. The van der Waals surface area contributed by atoms with Crippen LogP contribution in [0.5, 0.6) is 0 Å². The average molecular weight is 333 g/mol. The molecule has 0 spiro atoms. The van der Waals surface area contributed by atoms with Gasteiger partial charge < -0.3 is 5.32 Å². The van der Waals surface area contributed by atoms with Crippen molar-refractivity contribution in [2.24, 2.45) is 0 Å². The molecule has 0 aliphatic heterocycles. The number of aryl methyl sites for hydroxylation is 1. The summed E-state index contributed by atoms with van der Waals surface area (Å²) in [5.41, 5.74) is 1.70. The maximum Gasteiger partial charge on any atom is 0.273 e. The van der Waals surface area contributed by atoms with Gasteiger partial charge in [0.05, 0.1) is 4.92 Å². The molecule has 0 bridgehead atoms. The summed E-state index contributed by atoms with van der Waals surface area (Å²) in [4.78, 5) is 22.6. The van der Waals surface area contributed by atoms with Gasteiger partial charge in [0.2, 0.25) is 0 Å². The zero-order chi connectivity index (χ0) is 16.8. The van der Waals surface area contributed by atoms with Gasteiger partial charge in [-0.3, -0.25) is 14.9 Å². The van der Waals surface area contributed by atoms with Gasteiger partial charge in [-0.05, 0) is 37.5 Å². The quantitative estimate of drug-likeness (QED) is 0.495. The molecule has 23 heavy (non-hydrogen) atoms. The summed E-state index contributed by atoms with van der Waals surface area (Å²) in [6.07, 6.45) is 1.50. The van der Waals surface area contributed by atoms with E-state index in [0.717, 1.165) is 18.4 Å². The Balaban J connectivity index is 1.92. The van der Waals surface area contributed by atoms with Crippen LogP contribution >= 0.6 is 11.6 Å². The summed E-state index contributed by atoms with van der Waals surface area (Å²) in [6.45, 7) is 2.06. The summed E-state index contributed by atoms with van der Waals surface area (Å²) in [6, 6.07) is 12.1. The number of nitro benzene ring substituents is 1. The van der Waals surface area contributed by atoms with E-state index in [1.54, 1.807) is 13.0 Å². The highest BCUT2D eigenvalue weighted by atomic mass is 35.5. The monoisotopic (exact) mass is 332 g/mol. The molecule has 2 aromatic rings. The third-order valence-corrected chi connectivity index (χ3v) is 3.98. The van der Waals surface area contributed by atoms with Gasteiger partial charge in [0.15, 0.2) is 0 Å². The van der Waals surface area contributed by atoms with E-state index in [9.17, 15) is 14.9 Å². The molecular weight excluding hydrogens is 316 g/mol. The summed E-state index contributed by atoms with van der Waals surface area (Å²) in [7, 11) is 0. The first-order valence-electron chi connectivity index (χ1n) is 7.26. The highest BCUT2D eigenvalue weighted by molar-refractivity contribution is 6.31. The molecule has 2 rings (SSSR count). The summed E-state index contributed by atoms with van der Waals surface area (Å²) < 4.78 is 0. The minimum Gasteiger partial charge on any atom is -0.352 e. The van der Waals surface area contributed by atoms with Crippen molar-refractivity contribution in [3.8, 4) is 0 Å². The van der Waals surface area contributed by atoms with Crippen LogP contribution in [0, 0.1) is 17.0 Å². The zero-order valence-corrected chi connectivity index (χ0v) is 13.5. The van der Waals surface area contributed by atoms with Crippen molar-refractivity contribution in [1.82, 2.24) is 5.32 Å². The summed E-state index contributed by atoms with van der Waals surface area (Å²) in [5.74, 6) is -0.301. The Bertz CT molecular complexity index is 732. The fourth-order valence-corrected chi connectivity index (χ4v) is 2.57. The van der Waals surface area contributed by atoms with Crippen LogP contribution in [0.4, 0.5) is 5.69 Å². The molecule has 1 amide bonds. The van der Waals surface area contributed by atoms with Gasteiger partial charge in [-0.2, -0.15) is 0 Å². The first kappa shape index (κ1) is 17.0. The lowest BCUT2D eigenvalue weighted by atomic mass is 10.1. The second-order valence-corrected chi connectivity index (χ2v) is 5.56. The number of nitrogens with zero attached hydrogens (tertiary/aromatic N) is 1. The molecule has 0 aromatic heterocycles. The molecule has 0 aliphatic rings. The largest absolute Gasteiger partial charge is 0.352 e. The van der Waals surface area contributed by atoms with Crippen molar-refractivity contribution in [2.75, 3.05) is 6.54 Å². The summed E-state index contributed by atoms with van der Waals surface area (Å²) in [5, 5.41) is 14.4. The number of hydrogen-bond donors (Lipinski definition) is 1. The highest BCUT2D eigenvalue weighted by Gasteiger charge is 2.17. The van der Waals surface area contributed by atoms with Gasteiger partial charge >= 0.3 is 0 Å². The Kier molecular flexibility index (Phi) is 5.71. The highest BCUT2D eigenvalue weighted by Crippen LogP contribution is 2.21. The topological polar surface area (TPSA) is 72.2 Å². The van der Waals surface area contributed by atoms with E-state index < -0.39 is 4.92 Å². The maximum atomic E-state index is 12.2. The van der Waals surface area contributed by atoms with Crippen LogP contribution in [0.1, 0.15) is 27.9 Å². The number of rotatable bonds is 6. The molecule has 5 nitrogen and oxygen atoms in total. The Morgan fingerprint density at radius 2 is 1.96 bits per heavy atom. The van der Waals surface area contributed by atoms with Crippen LogP contribution in [0.25, 0.3) is 0 Å². The number of nitrogens with one attached hydrogen (secondary N) is 1. The number of carbonyl (C=O) groups is 1. The molecule has 0 fully saturated rings. The minimum atomic E-state index is -0.483. The van der Waals surface area contributed by atoms with Crippen LogP contribution in [0.15, 0.2) is 42.5 Å². The van der Waals surface area contributed by atoms with Gasteiger partial charge in [-0.15, -0.1) is 0 Å². The molecule has 120 valence electrons. The van der Waals surface area contributed by atoms with E-state index in [2.05, 4.69) is 5.32 Å². The molecule has 0 saturated heterocycles. The lowest BCUT2D eigenvalue weighted by molar-refractivity contribution is -0.385. The van der Waals surface area contributed by atoms with Crippen molar-refractivity contribution < 1.29 is 9.72 Å². The van der Waals surface area contributed by atoms with E-state index in [4.69, 9.17) is 11.6 Å². The van der Waals surface area contributed by atoms with E-state index in [1.165, 1.54) is 12.1 Å². The summed E-state index contributed by atoms with van der Waals surface area (Å²) >= 11 is 6.08. The van der Waals surface area contributed by atoms with Gasteiger partial charge in [-0.25, -0.2) is 0 Å². The molecule has 0 radical (unpaired) electrons. The van der Waals surface area contributed by atoms with E-state index in [0.29, 0.717) is 22.7 Å². The van der Waals surface area contributed by atoms with Gasteiger partial charge in [-0.1, -0.05) is 35.9 Å². The van der Waals surface area contributed by atoms with Gasteiger partial charge in [0.25, 0.3) is 11.6 Å². The van der Waals surface area contributed by atoms with Crippen molar-refractivity contribution in [3.05, 3.63) is 74.3 Å². The van der Waals surface area contributed by atoms with Gasteiger partial charge in [0.1, 0.15) is 0 Å². The first-order chi connectivity index (χ1) is 11.0. The molecule has 0 saturated carbocycles. The second kappa shape index (κ2) is 7.74. The van der Waals surface area contributed by atoms with E-state index in [-0.39, 0.29) is 11.6 Å². The van der Waals surface area contributed by atoms with Crippen molar-refractivity contribution >= 4 is 23.2 Å². The average Bonchev–Trinajstić information content (AvgIpc) is 2.52. The number of nitro groups is 1. The maximum absolute atomic E-state index is 12.2. The molecule has 2 aromatic carbocycles. The third kappa shape index (κ3) is 4.29. The molecular formula is C17H17ClN2O3. The van der Waals surface area contributed by atoms with Crippen LogP contribution in [0.3, 0.4) is 0 Å². The van der Waals surface area contributed by atoms with Crippen LogP contribution in [-0.4, -0.2) is 17.4 Å². The molecule has 6 heteroatoms. The number of amides is 1. The fourth-order valence-electron chi connectivity index (χ4n) is 2.34. The lowest BCUT2D eigenvalue weighted by Gasteiger charge is -2.08. The molecule has 0 atom stereocenters. The van der Waals surface area contributed by atoms with Crippen molar-refractivity contribution in [1.29, 1.82) is 0 Å². The van der Waals surface area contributed by atoms with Crippen molar-refractivity contribution in [3.63, 3.8) is 0 Å². The minimum absolute atomic E-state index is 0.0475. The Morgan fingerprint density at radius 3 is 2.65 bits per heavy atom. The molecule has 0 heterocycles. The first-order valence-corrected chi connectivity index (χ1v) is 7.64. The number of carbonyl (C=O) groups excluding carboxylic acids is 1. The number of benzene rings is 2. The standard InChI is InChI=1S/C17H17ClN2O3/c1-12-14(8-4-10-16(12)20(22)23)17(21)19-11-5-7-13-6-2-3-9-15(13)18/h2-4,6,8-10H,5,7,11H2,1H3,(H,19,21). The van der Waals surface area contributed by atoms with Gasteiger partial charge in [0, 0.05) is 28.8 Å². The molecule has 0 unspecified atom stereocenters. The molecule has 1 N–H and O–H groups in total. The predicted molar refractivity (Wildman–Crippen MR) is 89.9 cm³/mol.